The lowest BCUT2D eigenvalue weighted by atomic mass is 10.0. The molecule has 2 aromatic carbocycles. The van der Waals surface area contributed by atoms with E-state index in [1.165, 1.54) is 16.5 Å². The van der Waals surface area contributed by atoms with Crippen LogP contribution in [0.2, 0.25) is 0 Å². The smallest absolute Gasteiger partial charge is 0.224 e. The van der Waals surface area contributed by atoms with Gasteiger partial charge in [-0.3, -0.25) is 4.79 Å². The van der Waals surface area contributed by atoms with Crippen molar-refractivity contribution < 1.29 is 14.3 Å². The third-order valence-electron chi connectivity index (χ3n) is 5.47. The van der Waals surface area contributed by atoms with Crippen LogP contribution < -0.4 is 14.8 Å². The second kappa shape index (κ2) is 7.23. The lowest BCUT2D eigenvalue weighted by molar-refractivity contribution is -0.121. The topological polar surface area (TPSA) is 63.4 Å². The summed E-state index contributed by atoms with van der Waals surface area (Å²) in [5.74, 6) is 1.50. The van der Waals surface area contributed by atoms with Gasteiger partial charge in [0.2, 0.25) is 5.91 Å². The molecule has 4 rings (SSSR count). The molecule has 1 atom stereocenters. The van der Waals surface area contributed by atoms with Gasteiger partial charge < -0.3 is 19.8 Å². The number of H-pyrrole nitrogens is 1. The molecule has 0 unspecified atom stereocenters. The molecule has 0 bridgehead atoms. The Kier molecular flexibility index (Phi) is 4.75. The number of fused-ring (bicyclic) bond motifs is 2. The lowest BCUT2D eigenvalue weighted by Crippen LogP contribution is -2.28. The summed E-state index contributed by atoms with van der Waals surface area (Å²) >= 11 is 0. The van der Waals surface area contributed by atoms with Gasteiger partial charge >= 0.3 is 0 Å². The maximum Gasteiger partial charge on any atom is 0.224 e. The molecule has 28 heavy (non-hydrogen) atoms. The number of aryl methyl sites for hydroxylation is 3. The summed E-state index contributed by atoms with van der Waals surface area (Å²) < 4.78 is 11.2. The normalized spacial score (nSPS) is 14.1. The van der Waals surface area contributed by atoms with Crippen LogP contribution in [0.1, 0.15) is 40.9 Å². The van der Waals surface area contributed by atoms with E-state index in [1.54, 1.807) is 0 Å². The molecule has 0 aliphatic carbocycles. The molecule has 3 aromatic rings. The minimum atomic E-state index is -0.114. The zero-order valence-corrected chi connectivity index (χ0v) is 16.8. The highest BCUT2D eigenvalue weighted by molar-refractivity contribution is 5.94. The number of ether oxygens (including phenoxy) is 2. The standard InChI is InChI=1S/C23H26N2O3/c1-13-5-6-14(2)23-22(13)18(16(4)25-23)12-21(26)24-15(3)17-7-8-19-20(11-17)28-10-9-27-19/h5-8,11,15,25H,9-10,12H2,1-4H3,(H,24,26)/t15-/m0/s1. The number of aromatic amines is 1. The Morgan fingerprint density at radius 2 is 1.79 bits per heavy atom. The van der Waals surface area contributed by atoms with Gasteiger partial charge in [0.15, 0.2) is 11.5 Å². The van der Waals surface area contributed by atoms with Crippen LogP contribution in [0.15, 0.2) is 30.3 Å². The molecule has 1 aromatic heterocycles. The van der Waals surface area contributed by atoms with Crippen molar-refractivity contribution in [2.75, 3.05) is 13.2 Å². The highest BCUT2D eigenvalue weighted by atomic mass is 16.6. The third-order valence-corrected chi connectivity index (χ3v) is 5.47. The third kappa shape index (κ3) is 3.33. The van der Waals surface area contributed by atoms with E-state index in [9.17, 15) is 4.79 Å². The van der Waals surface area contributed by atoms with E-state index in [1.807, 2.05) is 32.0 Å². The SMILES string of the molecule is Cc1[nH]c2c(C)ccc(C)c2c1CC(=O)N[C@@H](C)c1ccc2c(c1)OCCO2. The summed E-state index contributed by atoms with van der Waals surface area (Å²) in [6.45, 7) is 9.32. The maximum absolute atomic E-state index is 12.8. The Balaban J connectivity index is 1.53. The van der Waals surface area contributed by atoms with Gasteiger partial charge in [-0.05, 0) is 62.1 Å². The van der Waals surface area contributed by atoms with E-state index < -0.39 is 0 Å². The predicted octanol–water partition coefficient (Wildman–Crippen LogP) is 4.28. The minimum absolute atomic E-state index is 0.00675. The van der Waals surface area contributed by atoms with Crippen molar-refractivity contribution in [3.05, 3.63) is 58.3 Å². The van der Waals surface area contributed by atoms with Crippen molar-refractivity contribution >= 4 is 16.8 Å². The molecule has 5 heteroatoms. The number of aromatic nitrogens is 1. The number of carbonyl (C=O) groups is 1. The number of hydrogen-bond acceptors (Lipinski definition) is 3. The van der Waals surface area contributed by atoms with Crippen LogP contribution in [0.3, 0.4) is 0 Å². The molecule has 1 aliphatic rings. The second-order valence-electron chi connectivity index (χ2n) is 7.55. The summed E-state index contributed by atoms with van der Waals surface area (Å²) in [5, 5.41) is 4.28. The van der Waals surface area contributed by atoms with E-state index in [-0.39, 0.29) is 11.9 Å². The molecule has 0 saturated carbocycles. The molecule has 0 fully saturated rings. The first-order valence-corrected chi connectivity index (χ1v) is 9.70. The first kappa shape index (κ1) is 18.4. The van der Waals surface area contributed by atoms with Crippen molar-refractivity contribution in [2.45, 2.75) is 40.2 Å². The molecule has 0 spiro atoms. The first-order chi connectivity index (χ1) is 13.4. The minimum Gasteiger partial charge on any atom is -0.486 e. The molecule has 0 radical (unpaired) electrons. The Morgan fingerprint density at radius 3 is 2.57 bits per heavy atom. The van der Waals surface area contributed by atoms with E-state index >= 15 is 0 Å². The van der Waals surface area contributed by atoms with Crippen LogP contribution >= 0.6 is 0 Å². The molecule has 5 nitrogen and oxygen atoms in total. The van der Waals surface area contributed by atoms with Gasteiger partial charge in [0.05, 0.1) is 12.5 Å². The summed E-state index contributed by atoms with van der Waals surface area (Å²) in [6, 6.07) is 9.94. The Labute approximate surface area is 165 Å². The van der Waals surface area contributed by atoms with Crippen molar-refractivity contribution in [3.63, 3.8) is 0 Å². The number of nitrogens with one attached hydrogen (secondary N) is 2. The van der Waals surface area contributed by atoms with E-state index in [4.69, 9.17) is 9.47 Å². The lowest BCUT2D eigenvalue weighted by Gasteiger charge is -2.21. The molecular formula is C23H26N2O3. The summed E-state index contributed by atoms with van der Waals surface area (Å²) in [4.78, 5) is 16.2. The molecule has 146 valence electrons. The number of hydrogen-bond donors (Lipinski definition) is 2. The van der Waals surface area contributed by atoms with Crippen LogP contribution in [0, 0.1) is 20.8 Å². The van der Waals surface area contributed by atoms with Gasteiger partial charge in [-0.2, -0.15) is 0 Å². The van der Waals surface area contributed by atoms with Gasteiger partial charge in [-0.25, -0.2) is 0 Å². The van der Waals surface area contributed by atoms with Crippen molar-refractivity contribution in [3.8, 4) is 11.5 Å². The Bertz CT molecular complexity index is 1050. The second-order valence-corrected chi connectivity index (χ2v) is 7.55. The van der Waals surface area contributed by atoms with Crippen LogP contribution in [0.25, 0.3) is 10.9 Å². The fourth-order valence-electron chi connectivity index (χ4n) is 3.90. The highest BCUT2D eigenvalue weighted by Crippen LogP contribution is 2.33. The quantitative estimate of drug-likeness (QED) is 0.712. The van der Waals surface area contributed by atoms with Crippen molar-refractivity contribution in [2.24, 2.45) is 0 Å². The van der Waals surface area contributed by atoms with Crippen LogP contribution in [-0.4, -0.2) is 24.1 Å². The average molecular weight is 378 g/mol. The largest absolute Gasteiger partial charge is 0.486 e. The molecule has 2 heterocycles. The number of benzene rings is 2. The molecule has 0 saturated heterocycles. The first-order valence-electron chi connectivity index (χ1n) is 9.70. The van der Waals surface area contributed by atoms with Gasteiger partial charge in [0.1, 0.15) is 13.2 Å². The zero-order chi connectivity index (χ0) is 19.8. The van der Waals surface area contributed by atoms with Crippen LogP contribution in [0.4, 0.5) is 0 Å². The fourth-order valence-corrected chi connectivity index (χ4v) is 3.90. The van der Waals surface area contributed by atoms with Crippen LogP contribution in [0.5, 0.6) is 11.5 Å². The summed E-state index contributed by atoms with van der Waals surface area (Å²) in [5.41, 5.74) is 6.63. The highest BCUT2D eigenvalue weighted by Gasteiger charge is 2.19. The Hall–Kier alpha value is -2.95. The van der Waals surface area contributed by atoms with Gasteiger partial charge in [0, 0.05) is 16.6 Å². The molecule has 2 N–H and O–H groups in total. The predicted molar refractivity (Wildman–Crippen MR) is 110 cm³/mol. The van der Waals surface area contributed by atoms with Gasteiger partial charge in [0.25, 0.3) is 0 Å². The van der Waals surface area contributed by atoms with Crippen molar-refractivity contribution in [1.82, 2.24) is 10.3 Å². The fraction of sp³-hybridized carbons (Fsp3) is 0.348. The van der Waals surface area contributed by atoms with E-state index in [0.29, 0.717) is 19.6 Å². The van der Waals surface area contributed by atoms with E-state index in [2.05, 4.69) is 36.3 Å². The summed E-state index contributed by atoms with van der Waals surface area (Å²) in [7, 11) is 0. The van der Waals surface area contributed by atoms with Crippen molar-refractivity contribution in [1.29, 1.82) is 0 Å². The molecular weight excluding hydrogens is 352 g/mol. The number of carbonyl (C=O) groups excluding carboxylic acids is 1. The Morgan fingerprint density at radius 1 is 1.07 bits per heavy atom. The zero-order valence-electron chi connectivity index (χ0n) is 16.8. The maximum atomic E-state index is 12.8. The number of rotatable bonds is 4. The van der Waals surface area contributed by atoms with Gasteiger partial charge in [-0.1, -0.05) is 18.2 Å². The van der Waals surface area contributed by atoms with E-state index in [0.717, 1.165) is 33.8 Å². The number of amides is 1. The average Bonchev–Trinajstić information content (AvgIpc) is 3.01. The monoisotopic (exact) mass is 378 g/mol. The summed E-state index contributed by atoms with van der Waals surface area (Å²) in [6.07, 6.45) is 0.352. The molecule has 1 aliphatic heterocycles. The van der Waals surface area contributed by atoms with Gasteiger partial charge in [-0.15, -0.1) is 0 Å². The van der Waals surface area contributed by atoms with Crippen LogP contribution in [-0.2, 0) is 11.2 Å². The molecule has 1 amide bonds.